The van der Waals surface area contributed by atoms with Crippen LogP contribution in [0.2, 0.25) is 0 Å². The lowest BCUT2D eigenvalue weighted by Gasteiger charge is -2.08. The molecule has 0 amide bonds. The van der Waals surface area contributed by atoms with Crippen molar-refractivity contribution in [3.63, 3.8) is 0 Å². The minimum absolute atomic E-state index is 0.245. The van der Waals surface area contributed by atoms with Gasteiger partial charge in [0.2, 0.25) is 0 Å². The van der Waals surface area contributed by atoms with Crippen LogP contribution in [0.25, 0.3) is 5.69 Å². The quantitative estimate of drug-likeness (QED) is 0.654. The van der Waals surface area contributed by atoms with Gasteiger partial charge in [0.25, 0.3) is 0 Å². The van der Waals surface area contributed by atoms with Gasteiger partial charge in [0.05, 0.1) is 23.1 Å². The van der Waals surface area contributed by atoms with E-state index in [0.29, 0.717) is 22.5 Å². The number of hydrogen-bond acceptors (Lipinski definition) is 6. The number of nitrogens with zero attached hydrogens (tertiary/aromatic N) is 3. The Morgan fingerprint density at radius 2 is 1.88 bits per heavy atom. The lowest BCUT2D eigenvalue weighted by Crippen LogP contribution is -2.11. The molecule has 0 aliphatic heterocycles. The zero-order chi connectivity index (χ0) is 17.8. The molecule has 124 valence electrons. The van der Waals surface area contributed by atoms with E-state index in [2.05, 4.69) is 26.5 Å². The van der Waals surface area contributed by atoms with Gasteiger partial charge in [-0.2, -0.15) is 10.4 Å². The molecule has 3 rings (SSSR count). The maximum atomic E-state index is 12.1. The predicted octanol–water partition coefficient (Wildman–Crippen LogP) is 3.27. The number of carbonyl (C=O) groups excluding carboxylic acids is 1. The third-order valence-electron chi connectivity index (χ3n) is 3.38. The van der Waals surface area contributed by atoms with Crippen molar-refractivity contribution in [3.05, 3.63) is 70.3 Å². The van der Waals surface area contributed by atoms with Crippen LogP contribution in [-0.2, 0) is 4.84 Å². The molecule has 0 bridgehead atoms. The Bertz CT molecular complexity index is 943. The van der Waals surface area contributed by atoms with Crippen LogP contribution in [0.15, 0.2) is 59.2 Å². The van der Waals surface area contributed by atoms with Gasteiger partial charge in [0.1, 0.15) is 17.5 Å². The summed E-state index contributed by atoms with van der Waals surface area (Å²) in [6.07, 6.45) is 1.39. The fourth-order valence-corrected chi connectivity index (χ4v) is 2.33. The normalized spacial score (nSPS) is 10.1. The molecule has 0 radical (unpaired) electrons. The molecule has 8 heteroatoms. The average molecular weight is 398 g/mol. The van der Waals surface area contributed by atoms with Gasteiger partial charge in [-0.25, -0.2) is 15.0 Å². The summed E-state index contributed by atoms with van der Waals surface area (Å²) in [6.45, 7) is 0. The van der Waals surface area contributed by atoms with Gasteiger partial charge in [-0.05, 0) is 48.5 Å². The third kappa shape index (κ3) is 3.62. The van der Waals surface area contributed by atoms with Gasteiger partial charge in [0, 0.05) is 4.47 Å². The first-order chi connectivity index (χ1) is 12.1. The van der Waals surface area contributed by atoms with Crippen LogP contribution < -0.4 is 11.2 Å². The van der Waals surface area contributed by atoms with Crippen molar-refractivity contribution < 1.29 is 9.63 Å². The van der Waals surface area contributed by atoms with Gasteiger partial charge >= 0.3 is 5.97 Å². The molecule has 0 unspecified atom stereocenters. The summed E-state index contributed by atoms with van der Waals surface area (Å²) in [5, 5.41) is 13.0. The number of hydrogen-bond donors (Lipinski definition) is 2. The number of anilines is 2. The van der Waals surface area contributed by atoms with Crippen LogP contribution in [0.4, 0.5) is 11.5 Å². The third-order valence-corrected chi connectivity index (χ3v) is 3.91. The van der Waals surface area contributed by atoms with Crippen molar-refractivity contribution in [1.82, 2.24) is 9.78 Å². The van der Waals surface area contributed by atoms with Crippen LogP contribution in [0.3, 0.4) is 0 Å². The van der Waals surface area contributed by atoms with Crippen molar-refractivity contribution >= 4 is 33.4 Å². The van der Waals surface area contributed by atoms with Crippen molar-refractivity contribution in [1.29, 1.82) is 5.26 Å². The molecule has 7 nitrogen and oxygen atoms in total. The molecule has 25 heavy (non-hydrogen) atoms. The maximum absolute atomic E-state index is 12.1. The van der Waals surface area contributed by atoms with Gasteiger partial charge in [0.15, 0.2) is 0 Å². The van der Waals surface area contributed by atoms with Crippen LogP contribution in [0.1, 0.15) is 15.9 Å². The van der Waals surface area contributed by atoms with E-state index in [1.807, 2.05) is 18.2 Å². The fraction of sp³-hybridized carbons (Fsp3) is 0. The van der Waals surface area contributed by atoms with Crippen molar-refractivity contribution in [2.24, 2.45) is 0 Å². The van der Waals surface area contributed by atoms with Crippen molar-refractivity contribution in [2.75, 3.05) is 11.2 Å². The highest BCUT2D eigenvalue weighted by atomic mass is 79.9. The molecule has 3 aromatic rings. The molecule has 0 spiro atoms. The molecule has 3 N–H and O–H groups in total. The summed E-state index contributed by atoms with van der Waals surface area (Å²) in [5.41, 5.74) is 10.4. The first kappa shape index (κ1) is 16.5. The standard InChI is InChI=1S/C17H12BrN5O2/c18-13-3-5-14(6-4-13)22-25-17(24)11-1-7-15(8-2-11)23-16(20)12(9-19)10-21-23/h1-8,10,22H,20H2. The summed E-state index contributed by atoms with van der Waals surface area (Å²) in [4.78, 5) is 17.1. The van der Waals surface area contributed by atoms with E-state index in [1.165, 1.54) is 10.9 Å². The number of nitrogens with two attached hydrogens (primary N) is 1. The maximum Gasteiger partial charge on any atom is 0.362 e. The van der Waals surface area contributed by atoms with E-state index in [1.54, 1.807) is 36.4 Å². The molecule has 0 aliphatic carbocycles. The SMILES string of the molecule is N#Cc1cnn(-c2ccc(C(=O)ONc3ccc(Br)cc3)cc2)c1N. The summed E-state index contributed by atoms with van der Waals surface area (Å²) < 4.78 is 2.35. The molecule has 0 fully saturated rings. The molecule has 1 heterocycles. The zero-order valence-corrected chi connectivity index (χ0v) is 14.4. The Labute approximate surface area is 151 Å². The molecular weight excluding hydrogens is 386 g/mol. The summed E-state index contributed by atoms with van der Waals surface area (Å²) in [6, 6.07) is 15.7. The summed E-state index contributed by atoms with van der Waals surface area (Å²) in [5.74, 6) is -0.282. The zero-order valence-electron chi connectivity index (χ0n) is 12.8. The first-order valence-electron chi connectivity index (χ1n) is 7.15. The van der Waals surface area contributed by atoms with Crippen LogP contribution in [-0.4, -0.2) is 15.7 Å². The Balaban J connectivity index is 1.69. The van der Waals surface area contributed by atoms with E-state index < -0.39 is 5.97 Å². The Morgan fingerprint density at radius 3 is 2.48 bits per heavy atom. The minimum Gasteiger partial charge on any atom is -0.382 e. The average Bonchev–Trinajstić information content (AvgIpc) is 3.01. The number of nitrogen functional groups attached to an aromatic ring is 1. The van der Waals surface area contributed by atoms with Gasteiger partial charge in [-0.15, -0.1) is 0 Å². The molecule has 0 saturated heterocycles. The molecule has 0 aliphatic rings. The van der Waals surface area contributed by atoms with E-state index in [0.717, 1.165) is 4.47 Å². The first-order valence-corrected chi connectivity index (χ1v) is 7.94. The predicted molar refractivity (Wildman–Crippen MR) is 95.9 cm³/mol. The largest absolute Gasteiger partial charge is 0.382 e. The lowest BCUT2D eigenvalue weighted by molar-refractivity contribution is 0.0596. The van der Waals surface area contributed by atoms with E-state index in [4.69, 9.17) is 15.8 Å². The minimum atomic E-state index is -0.527. The van der Waals surface area contributed by atoms with Gasteiger partial charge in [-0.3, -0.25) is 0 Å². The second kappa shape index (κ2) is 7.07. The number of nitriles is 1. The highest BCUT2D eigenvalue weighted by Crippen LogP contribution is 2.18. The second-order valence-corrected chi connectivity index (χ2v) is 5.93. The topological polar surface area (TPSA) is 106 Å². The van der Waals surface area contributed by atoms with Crippen molar-refractivity contribution in [2.45, 2.75) is 0 Å². The van der Waals surface area contributed by atoms with Crippen LogP contribution in [0.5, 0.6) is 0 Å². The number of halogens is 1. The van der Waals surface area contributed by atoms with E-state index in [9.17, 15) is 4.79 Å². The fourth-order valence-electron chi connectivity index (χ4n) is 2.07. The monoisotopic (exact) mass is 397 g/mol. The summed E-state index contributed by atoms with van der Waals surface area (Å²) in [7, 11) is 0. The number of rotatable bonds is 4. The highest BCUT2D eigenvalue weighted by Gasteiger charge is 2.11. The Morgan fingerprint density at radius 1 is 1.20 bits per heavy atom. The number of nitrogens with one attached hydrogen (secondary N) is 1. The lowest BCUT2D eigenvalue weighted by atomic mass is 10.2. The smallest absolute Gasteiger partial charge is 0.362 e. The molecule has 1 aromatic heterocycles. The second-order valence-electron chi connectivity index (χ2n) is 5.01. The number of carbonyl (C=O) groups is 1. The molecule has 0 atom stereocenters. The van der Waals surface area contributed by atoms with Crippen LogP contribution in [0, 0.1) is 11.3 Å². The number of benzene rings is 2. The van der Waals surface area contributed by atoms with Gasteiger partial charge < -0.3 is 10.6 Å². The van der Waals surface area contributed by atoms with Crippen molar-refractivity contribution in [3.8, 4) is 11.8 Å². The Hall–Kier alpha value is -3.31. The Kier molecular flexibility index (Phi) is 4.68. The molecular formula is C17H12BrN5O2. The highest BCUT2D eigenvalue weighted by molar-refractivity contribution is 9.10. The van der Waals surface area contributed by atoms with Gasteiger partial charge in [-0.1, -0.05) is 15.9 Å². The van der Waals surface area contributed by atoms with E-state index in [-0.39, 0.29) is 5.82 Å². The summed E-state index contributed by atoms with van der Waals surface area (Å²) >= 11 is 3.33. The van der Waals surface area contributed by atoms with E-state index >= 15 is 0 Å². The molecule has 2 aromatic carbocycles. The van der Waals surface area contributed by atoms with Crippen LogP contribution >= 0.6 is 15.9 Å². The number of aromatic nitrogens is 2. The molecule has 0 saturated carbocycles.